The molecule has 0 aliphatic carbocycles. The number of phenols is 1. The molecule has 0 bridgehead atoms. The molecule has 240 valence electrons. The minimum Gasteiger partial charge on any atom is -0.508 e. The van der Waals surface area contributed by atoms with Crippen LogP contribution < -0.4 is 27.0 Å². The van der Waals surface area contributed by atoms with Crippen LogP contribution in [-0.4, -0.2) is 91.1 Å². The van der Waals surface area contributed by atoms with E-state index >= 15 is 0 Å². The van der Waals surface area contributed by atoms with Crippen LogP contribution in [0.1, 0.15) is 44.9 Å². The molecule has 10 N–H and O–H groups in total. The van der Waals surface area contributed by atoms with E-state index in [9.17, 15) is 33.9 Å². The lowest BCUT2D eigenvalue weighted by atomic mass is 10.00. The zero-order chi connectivity index (χ0) is 33.0. The number of nitrogens with one attached hydrogen (secondary N) is 5. The number of amides is 4. The van der Waals surface area contributed by atoms with Gasteiger partial charge < -0.3 is 47.3 Å². The van der Waals surface area contributed by atoms with Crippen LogP contribution in [0.4, 0.5) is 0 Å². The Bertz CT molecular complexity index is 1300. The summed E-state index contributed by atoms with van der Waals surface area (Å²) in [4.78, 5) is 81.5. The largest absolute Gasteiger partial charge is 0.508 e. The Kier molecular flexibility index (Phi) is 13.3. The summed E-state index contributed by atoms with van der Waals surface area (Å²) in [6.45, 7) is 4.56. The van der Waals surface area contributed by atoms with Gasteiger partial charge in [-0.25, -0.2) is 4.98 Å². The van der Waals surface area contributed by atoms with E-state index < -0.39 is 78.1 Å². The molecule has 16 heteroatoms. The zero-order valence-corrected chi connectivity index (χ0v) is 24.6. The SMILES string of the molecule is CC(C)[C@H](NC(=O)[C@@H](N)Cc1ccc(O)cc1)C(=O)N[C@@H](Cc1cnc[nH]1)C(=O)N[C@@H](CCC(=O)O)C(=O)N[C@@H](C)C(=O)O. The lowest BCUT2D eigenvalue weighted by Crippen LogP contribution is -2.60. The number of phenolic OH excluding ortho intramolecular Hbond substituents is 1. The molecular weight excluding hydrogens is 578 g/mol. The van der Waals surface area contributed by atoms with Crippen LogP contribution in [-0.2, 0) is 41.6 Å². The molecule has 1 aromatic carbocycles. The number of aromatic amines is 1. The first-order chi connectivity index (χ1) is 20.7. The van der Waals surface area contributed by atoms with Gasteiger partial charge in [-0.15, -0.1) is 0 Å². The Morgan fingerprint density at radius 3 is 2.00 bits per heavy atom. The molecule has 4 amide bonds. The van der Waals surface area contributed by atoms with Crippen molar-refractivity contribution >= 4 is 35.6 Å². The number of aromatic hydroxyl groups is 1. The van der Waals surface area contributed by atoms with Crippen molar-refractivity contribution < 1.29 is 44.1 Å². The number of benzene rings is 1. The van der Waals surface area contributed by atoms with Crippen molar-refractivity contribution in [2.24, 2.45) is 11.7 Å². The van der Waals surface area contributed by atoms with Gasteiger partial charge in [-0.05, 0) is 43.4 Å². The molecule has 0 fully saturated rings. The van der Waals surface area contributed by atoms with Crippen molar-refractivity contribution in [1.82, 2.24) is 31.2 Å². The van der Waals surface area contributed by atoms with Gasteiger partial charge in [0.15, 0.2) is 0 Å². The van der Waals surface area contributed by atoms with Crippen LogP contribution >= 0.6 is 0 Å². The summed E-state index contributed by atoms with van der Waals surface area (Å²) in [5.41, 5.74) is 7.19. The lowest BCUT2D eigenvalue weighted by Gasteiger charge is -2.27. The standard InChI is InChI=1S/C28H39N7O9/c1-14(2)23(35-24(39)19(29)10-16-4-6-18(36)7-5-16)27(42)34-21(11-17-12-30-13-31-17)26(41)33-20(8-9-22(37)38)25(40)32-15(3)28(43)44/h4-7,12-15,19-21,23,36H,8-11,29H2,1-3H3,(H,30,31)(H,32,40)(H,33,41)(H,34,42)(H,35,39)(H,37,38)(H,43,44)/t15-,19-,20-,21-,23-/m0/s1. The van der Waals surface area contributed by atoms with Gasteiger partial charge >= 0.3 is 11.9 Å². The molecule has 0 spiro atoms. The summed E-state index contributed by atoms with van der Waals surface area (Å²) in [7, 11) is 0. The molecule has 2 aromatic rings. The predicted molar refractivity (Wildman–Crippen MR) is 155 cm³/mol. The fourth-order valence-electron chi connectivity index (χ4n) is 4.05. The summed E-state index contributed by atoms with van der Waals surface area (Å²) in [5, 5.41) is 37.5. The van der Waals surface area contributed by atoms with Crippen molar-refractivity contribution in [3.63, 3.8) is 0 Å². The maximum absolute atomic E-state index is 13.4. The number of imidazole rings is 1. The van der Waals surface area contributed by atoms with Crippen molar-refractivity contribution in [2.75, 3.05) is 0 Å². The number of nitrogens with two attached hydrogens (primary N) is 1. The van der Waals surface area contributed by atoms with Crippen LogP contribution in [0.15, 0.2) is 36.8 Å². The average Bonchev–Trinajstić information content (AvgIpc) is 3.47. The van der Waals surface area contributed by atoms with Gasteiger partial charge in [0, 0.05) is 24.7 Å². The van der Waals surface area contributed by atoms with Gasteiger partial charge in [-0.1, -0.05) is 26.0 Å². The highest BCUT2D eigenvalue weighted by Gasteiger charge is 2.33. The molecule has 0 unspecified atom stereocenters. The van der Waals surface area contributed by atoms with E-state index in [-0.39, 0.29) is 25.0 Å². The van der Waals surface area contributed by atoms with Crippen molar-refractivity contribution in [1.29, 1.82) is 0 Å². The van der Waals surface area contributed by atoms with Crippen molar-refractivity contribution in [3.8, 4) is 5.75 Å². The number of H-pyrrole nitrogens is 1. The number of hydrogen-bond donors (Lipinski definition) is 9. The van der Waals surface area contributed by atoms with Crippen molar-refractivity contribution in [3.05, 3.63) is 48.0 Å². The van der Waals surface area contributed by atoms with E-state index in [4.69, 9.17) is 15.9 Å². The van der Waals surface area contributed by atoms with Crippen molar-refractivity contribution in [2.45, 2.75) is 76.7 Å². The Labute approximate surface area is 253 Å². The summed E-state index contributed by atoms with van der Waals surface area (Å²) in [5.74, 6) is -6.10. The number of carbonyl (C=O) groups is 6. The van der Waals surface area contributed by atoms with Gasteiger partial charge in [-0.2, -0.15) is 0 Å². The molecule has 0 saturated carbocycles. The number of aromatic nitrogens is 2. The monoisotopic (exact) mass is 617 g/mol. The zero-order valence-electron chi connectivity index (χ0n) is 24.6. The van der Waals surface area contributed by atoms with Gasteiger partial charge in [0.1, 0.15) is 29.9 Å². The van der Waals surface area contributed by atoms with E-state index in [2.05, 4.69) is 31.2 Å². The predicted octanol–water partition coefficient (Wildman–Crippen LogP) is -1.21. The van der Waals surface area contributed by atoms with E-state index in [1.807, 2.05) is 0 Å². The third kappa shape index (κ3) is 11.4. The van der Waals surface area contributed by atoms with Crippen LogP contribution in [0.25, 0.3) is 0 Å². The molecule has 2 rings (SSSR count). The Morgan fingerprint density at radius 2 is 1.45 bits per heavy atom. The molecule has 5 atom stereocenters. The smallest absolute Gasteiger partial charge is 0.325 e. The summed E-state index contributed by atoms with van der Waals surface area (Å²) < 4.78 is 0. The number of carboxylic acids is 2. The Hall–Kier alpha value is -4.99. The maximum Gasteiger partial charge on any atom is 0.325 e. The third-order valence-electron chi connectivity index (χ3n) is 6.60. The highest BCUT2D eigenvalue weighted by Crippen LogP contribution is 2.12. The van der Waals surface area contributed by atoms with E-state index in [0.717, 1.165) is 0 Å². The quantitative estimate of drug-likeness (QED) is 0.102. The van der Waals surface area contributed by atoms with Crippen LogP contribution in [0.3, 0.4) is 0 Å². The number of rotatable bonds is 17. The molecule has 1 heterocycles. The number of carboxylic acid groups (broad SMARTS) is 2. The molecule has 0 aliphatic rings. The Balaban J connectivity index is 2.21. The number of carbonyl (C=O) groups excluding carboxylic acids is 4. The summed E-state index contributed by atoms with van der Waals surface area (Å²) >= 11 is 0. The molecule has 0 saturated heterocycles. The lowest BCUT2D eigenvalue weighted by molar-refractivity contribution is -0.142. The first-order valence-electron chi connectivity index (χ1n) is 13.8. The minimum absolute atomic E-state index is 0.0562. The highest BCUT2D eigenvalue weighted by atomic mass is 16.4. The van der Waals surface area contributed by atoms with Gasteiger partial charge in [-0.3, -0.25) is 28.8 Å². The highest BCUT2D eigenvalue weighted by molar-refractivity contribution is 5.95. The summed E-state index contributed by atoms with van der Waals surface area (Å²) in [6, 6.07) is -0.0743. The second-order valence-electron chi connectivity index (χ2n) is 10.6. The van der Waals surface area contributed by atoms with Crippen LogP contribution in [0.5, 0.6) is 5.75 Å². The van der Waals surface area contributed by atoms with Crippen LogP contribution in [0, 0.1) is 5.92 Å². The number of hydrogen-bond acceptors (Lipinski definition) is 9. The van der Waals surface area contributed by atoms with Gasteiger partial charge in [0.2, 0.25) is 23.6 Å². The maximum atomic E-state index is 13.4. The molecule has 44 heavy (non-hydrogen) atoms. The average molecular weight is 618 g/mol. The molecular formula is C28H39N7O9. The van der Waals surface area contributed by atoms with E-state index in [0.29, 0.717) is 11.3 Å². The fourth-order valence-corrected chi connectivity index (χ4v) is 4.05. The fraction of sp³-hybridized carbons (Fsp3) is 0.464. The third-order valence-corrected chi connectivity index (χ3v) is 6.60. The second-order valence-corrected chi connectivity index (χ2v) is 10.6. The first kappa shape index (κ1) is 35.2. The van der Waals surface area contributed by atoms with Crippen LogP contribution in [0.2, 0.25) is 0 Å². The topological polar surface area (TPSA) is 266 Å². The van der Waals surface area contributed by atoms with E-state index in [1.54, 1.807) is 26.0 Å². The normalized spacial score (nSPS) is 14.4. The van der Waals surface area contributed by atoms with Gasteiger partial charge in [0.05, 0.1) is 12.4 Å². The Morgan fingerprint density at radius 1 is 0.841 bits per heavy atom. The van der Waals surface area contributed by atoms with E-state index in [1.165, 1.54) is 31.6 Å². The number of nitrogens with zero attached hydrogens (tertiary/aromatic N) is 1. The molecule has 0 radical (unpaired) electrons. The second kappa shape index (κ2) is 16.6. The molecule has 0 aliphatic heterocycles. The summed E-state index contributed by atoms with van der Waals surface area (Å²) in [6.07, 6.45) is 1.92. The first-order valence-corrected chi connectivity index (χ1v) is 13.8. The minimum atomic E-state index is -1.43. The molecule has 16 nitrogen and oxygen atoms in total. The molecule has 1 aromatic heterocycles. The van der Waals surface area contributed by atoms with Gasteiger partial charge in [0.25, 0.3) is 0 Å². The number of aliphatic carboxylic acids is 2.